The summed E-state index contributed by atoms with van der Waals surface area (Å²) in [6.45, 7) is 7.48. The maximum Gasteiger partial charge on any atom is 0.244 e. The van der Waals surface area contributed by atoms with E-state index < -0.39 is 28.5 Å². The number of nitrogens with zero attached hydrogens (tertiary/aromatic N) is 2. The Hall–Kier alpha value is -2.39. The van der Waals surface area contributed by atoms with E-state index in [1.54, 1.807) is 24.3 Å². The number of amides is 2. The van der Waals surface area contributed by atoms with Gasteiger partial charge < -0.3 is 10.2 Å². The summed E-state index contributed by atoms with van der Waals surface area (Å²) in [5, 5.41) is 2.96. The number of hydrogen-bond donors (Lipinski definition) is 1. The summed E-state index contributed by atoms with van der Waals surface area (Å²) in [5.74, 6) is -0.690. The molecule has 0 spiro atoms. The minimum atomic E-state index is -3.75. The van der Waals surface area contributed by atoms with Gasteiger partial charge in [0.25, 0.3) is 0 Å². The van der Waals surface area contributed by atoms with Crippen LogP contribution in [-0.2, 0) is 26.2 Å². The molecule has 0 heterocycles. The van der Waals surface area contributed by atoms with Crippen molar-refractivity contribution in [3.05, 3.63) is 64.1 Å². The molecular formula is C25H34BrN3O4S. The number of anilines is 1. The largest absolute Gasteiger partial charge is 0.352 e. The molecule has 2 aromatic rings. The molecule has 0 saturated heterocycles. The van der Waals surface area contributed by atoms with Gasteiger partial charge in [0, 0.05) is 17.1 Å². The first-order valence-corrected chi connectivity index (χ1v) is 14.0. The van der Waals surface area contributed by atoms with E-state index in [-0.39, 0.29) is 18.5 Å². The summed E-state index contributed by atoms with van der Waals surface area (Å²) in [6.07, 6.45) is 2.23. The first kappa shape index (κ1) is 27.9. The Kier molecular flexibility index (Phi) is 10.1. The van der Waals surface area contributed by atoms with E-state index in [9.17, 15) is 18.0 Å². The molecule has 2 atom stereocenters. The molecule has 0 unspecified atom stereocenters. The molecule has 0 aliphatic carbocycles. The van der Waals surface area contributed by atoms with Gasteiger partial charge in [-0.25, -0.2) is 8.42 Å². The quantitative estimate of drug-likeness (QED) is 0.452. The first-order chi connectivity index (χ1) is 16.0. The Bertz CT molecular complexity index is 1110. The van der Waals surface area contributed by atoms with Crippen LogP contribution >= 0.6 is 15.9 Å². The molecule has 2 amide bonds. The lowest BCUT2D eigenvalue weighted by atomic mass is 10.1. The highest BCUT2D eigenvalue weighted by Crippen LogP contribution is 2.23. The van der Waals surface area contributed by atoms with Gasteiger partial charge in [-0.1, -0.05) is 65.7 Å². The van der Waals surface area contributed by atoms with Crippen molar-refractivity contribution in [2.75, 3.05) is 17.1 Å². The standard InChI is InChI=1S/C25H34BrN3O4S/c1-6-19(4)27-25(31)23(7-2)28(16-20-11-8-10-18(3)14-20)24(30)17-29(34(5,32)33)22-13-9-12-21(26)15-22/h8-15,19,23H,6-7,16-17H2,1-5H3,(H,27,31)/t19-,23-/m0/s1. The molecule has 9 heteroatoms. The molecule has 0 bridgehead atoms. The molecule has 34 heavy (non-hydrogen) atoms. The predicted octanol–water partition coefficient (Wildman–Crippen LogP) is 4.25. The second kappa shape index (κ2) is 12.4. The van der Waals surface area contributed by atoms with E-state index in [0.717, 1.165) is 28.1 Å². The number of aryl methyl sites for hydroxylation is 1. The Morgan fingerprint density at radius 1 is 1.06 bits per heavy atom. The van der Waals surface area contributed by atoms with Crippen molar-refractivity contribution in [2.24, 2.45) is 0 Å². The zero-order chi connectivity index (χ0) is 25.5. The van der Waals surface area contributed by atoms with E-state index in [2.05, 4.69) is 21.2 Å². The predicted molar refractivity (Wildman–Crippen MR) is 140 cm³/mol. The van der Waals surface area contributed by atoms with E-state index >= 15 is 0 Å². The Balaban J connectivity index is 2.44. The van der Waals surface area contributed by atoms with Crippen molar-refractivity contribution in [1.29, 1.82) is 0 Å². The molecule has 7 nitrogen and oxygen atoms in total. The molecule has 186 valence electrons. The van der Waals surface area contributed by atoms with Crippen LogP contribution in [0.25, 0.3) is 0 Å². The SMILES string of the molecule is CC[C@H](C)NC(=O)[C@H](CC)N(Cc1cccc(C)c1)C(=O)CN(c1cccc(Br)c1)S(C)(=O)=O. The van der Waals surface area contributed by atoms with Crippen LogP contribution in [0.15, 0.2) is 53.0 Å². The van der Waals surface area contributed by atoms with Gasteiger partial charge in [0.15, 0.2) is 0 Å². The third kappa shape index (κ3) is 7.84. The summed E-state index contributed by atoms with van der Waals surface area (Å²) < 4.78 is 27.0. The normalized spacial score (nSPS) is 13.1. The van der Waals surface area contributed by atoms with Crippen LogP contribution in [0.3, 0.4) is 0 Å². The number of sulfonamides is 1. The average molecular weight is 553 g/mol. The van der Waals surface area contributed by atoms with Crippen LogP contribution in [0.5, 0.6) is 0 Å². The second-order valence-corrected chi connectivity index (χ2v) is 11.3. The lowest BCUT2D eigenvalue weighted by Crippen LogP contribution is -2.53. The van der Waals surface area contributed by atoms with Gasteiger partial charge in [0.1, 0.15) is 12.6 Å². The summed E-state index contributed by atoms with van der Waals surface area (Å²) >= 11 is 3.36. The minimum absolute atomic E-state index is 0.0355. The van der Waals surface area contributed by atoms with E-state index in [1.165, 1.54) is 4.90 Å². The molecule has 2 aromatic carbocycles. The summed E-state index contributed by atoms with van der Waals surface area (Å²) in [6, 6.07) is 13.7. The van der Waals surface area contributed by atoms with Crippen molar-refractivity contribution in [3.8, 4) is 0 Å². The van der Waals surface area contributed by atoms with Crippen molar-refractivity contribution >= 4 is 43.5 Å². The molecule has 0 aliphatic heterocycles. The highest BCUT2D eigenvalue weighted by atomic mass is 79.9. The fourth-order valence-electron chi connectivity index (χ4n) is 3.61. The van der Waals surface area contributed by atoms with Crippen molar-refractivity contribution in [3.63, 3.8) is 0 Å². The number of carbonyl (C=O) groups excluding carboxylic acids is 2. The molecule has 2 rings (SSSR count). The van der Waals surface area contributed by atoms with Crippen LogP contribution in [0.1, 0.15) is 44.7 Å². The fraction of sp³-hybridized carbons (Fsp3) is 0.440. The average Bonchev–Trinajstić information content (AvgIpc) is 2.76. The Morgan fingerprint density at radius 3 is 2.29 bits per heavy atom. The van der Waals surface area contributed by atoms with Gasteiger partial charge in [0.05, 0.1) is 11.9 Å². The van der Waals surface area contributed by atoms with Gasteiger partial charge >= 0.3 is 0 Å². The molecule has 0 fully saturated rings. The topological polar surface area (TPSA) is 86.8 Å². The van der Waals surface area contributed by atoms with Crippen molar-refractivity contribution in [1.82, 2.24) is 10.2 Å². The first-order valence-electron chi connectivity index (χ1n) is 11.3. The van der Waals surface area contributed by atoms with Gasteiger partial charge in [0.2, 0.25) is 21.8 Å². The van der Waals surface area contributed by atoms with Crippen molar-refractivity contribution < 1.29 is 18.0 Å². The van der Waals surface area contributed by atoms with Gasteiger partial charge in [-0.2, -0.15) is 0 Å². The number of nitrogens with one attached hydrogen (secondary N) is 1. The minimum Gasteiger partial charge on any atom is -0.352 e. The summed E-state index contributed by atoms with van der Waals surface area (Å²) in [4.78, 5) is 28.2. The molecule has 0 aliphatic rings. The zero-order valence-electron chi connectivity index (χ0n) is 20.4. The lowest BCUT2D eigenvalue weighted by molar-refractivity contribution is -0.140. The Labute approximate surface area is 211 Å². The number of hydrogen-bond acceptors (Lipinski definition) is 4. The van der Waals surface area contributed by atoms with E-state index in [4.69, 9.17) is 0 Å². The summed E-state index contributed by atoms with van der Waals surface area (Å²) in [5.41, 5.74) is 2.28. The molecule has 0 radical (unpaired) electrons. The van der Waals surface area contributed by atoms with Gasteiger partial charge in [-0.3, -0.25) is 13.9 Å². The fourth-order valence-corrected chi connectivity index (χ4v) is 4.84. The van der Waals surface area contributed by atoms with Crippen molar-refractivity contribution in [2.45, 2.75) is 59.2 Å². The number of benzene rings is 2. The van der Waals surface area contributed by atoms with Crippen LogP contribution < -0.4 is 9.62 Å². The highest BCUT2D eigenvalue weighted by Gasteiger charge is 2.32. The number of rotatable bonds is 11. The number of halogens is 1. The molecule has 0 saturated carbocycles. The molecule has 0 aromatic heterocycles. The van der Waals surface area contributed by atoms with Gasteiger partial charge in [-0.15, -0.1) is 0 Å². The smallest absolute Gasteiger partial charge is 0.244 e. The lowest BCUT2D eigenvalue weighted by Gasteiger charge is -2.33. The zero-order valence-corrected chi connectivity index (χ0v) is 22.8. The van der Waals surface area contributed by atoms with E-state index in [0.29, 0.717) is 16.6 Å². The monoisotopic (exact) mass is 551 g/mol. The van der Waals surface area contributed by atoms with Crippen LogP contribution in [0.2, 0.25) is 0 Å². The van der Waals surface area contributed by atoms with Crippen LogP contribution in [0.4, 0.5) is 5.69 Å². The maximum atomic E-state index is 13.6. The number of carbonyl (C=O) groups is 2. The second-order valence-electron chi connectivity index (χ2n) is 8.50. The van der Waals surface area contributed by atoms with Gasteiger partial charge in [-0.05, 0) is 50.5 Å². The highest BCUT2D eigenvalue weighted by molar-refractivity contribution is 9.10. The maximum absolute atomic E-state index is 13.6. The summed E-state index contributed by atoms with van der Waals surface area (Å²) in [7, 11) is -3.75. The van der Waals surface area contributed by atoms with E-state index in [1.807, 2.05) is 52.0 Å². The van der Waals surface area contributed by atoms with Crippen LogP contribution in [-0.4, -0.2) is 50.0 Å². The molecular weight excluding hydrogens is 518 g/mol. The third-order valence-electron chi connectivity index (χ3n) is 5.60. The third-order valence-corrected chi connectivity index (χ3v) is 7.23. The Morgan fingerprint density at radius 2 is 1.74 bits per heavy atom. The molecule has 1 N–H and O–H groups in total. The van der Waals surface area contributed by atoms with Crippen LogP contribution in [0, 0.1) is 6.92 Å².